The number of H-pyrrole nitrogens is 1. The van der Waals surface area contributed by atoms with Gasteiger partial charge in [0.25, 0.3) is 0 Å². The Morgan fingerprint density at radius 2 is 1.79 bits per heavy atom. The van der Waals surface area contributed by atoms with Gasteiger partial charge in [-0.05, 0) is 42.3 Å². The summed E-state index contributed by atoms with van der Waals surface area (Å²) in [6.45, 7) is 1.90. The second-order valence-corrected chi connectivity index (χ2v) is 7.04. The first kappa shape index (κ1) is 18.6. The number of aromatic nitrogens is 1. The predicted octanol–water partition coefficient (Wildman–Crippen LogP) is 3.80. The number of carboxylic acid groups (broad SMARTS) is 1. The molecule has 4 N–H and O–H groups in total. The van der Waals surface area contributed by atoms with Crippen molar-refractivity contribution in [3.63, 3.8) is 0 Å². The molecule has 29 heavy (non-hydrogen) atoms. The van der Waals surface area contributed by atoms with Gasteiger partial charge in [0.1, 0.15) is 5.75 Å². The van der Waals surface area contributed by atoms with E-state index in [9.17, 15) is 14.7 Å². The fourth-order valence-corrected chi connectivity index (χ4v) is 3.64. The lowest BCUT2D eigenvalue weighted by Gasteiger charge is -2.17. The van der Waals surface area contributed by atoms with Crippen molar-refractivity contribution < 1.29 is 19.4 Å². The van der Waals surface area contributed by atoms with Gasteiger partial charge in [-0.15, -0.1) is 0 Å². The third-order valence-corrected chi connectivity index (χ3v) is 4.90. The maximum atomic E-state index is 12.0. The predicted molar refractivity (Wildman–Crippen MR) is 111 cm³/mol. The summed E-state index contributed by atoms with van der Waals surface area (Å²) in [7, 11) is 0. The van der Waals surface area contributed by atoms with E-state index in [0.29, 0.717) is 22.1 Å². The molecule has 0 saturated heterocycles. The highest BCUT2D eigenvalue weighted by Gasteiger charge is 2.23. The van der Waals surface area contributed by atoms with E-state index >= 15 is 0 Å². The first-order valence-corrected chi connectivity index (χ1v) is 9.22. The highest BCUT2D eigenvalue weighted by molar-refractivity contribution is 6.19. The Hall–Kier alpha value is -3.80. The van der Waals surface area contributed by atoms with E-state index in [1.54, 1.807) is 18.2 Å². The minimum Gasteiger partial charge on any atom is -0.478 e. The van der Waals surface area contributed by atoms with Gasteiger partial charge in [-0.25, -0.2) is 4.79 Å². The first-order chi connectivity index (χ1) is 13.9. The smallest absolute Gasteiger partial charge is 0.345 e. The molecule has 1 aromatic heterocycles. The Morgan fingerprint density at radius 1 is 1.03 bits per heavy atom. The third kappa shape index (κ3) is 3.52. The number of benzene rings is 3. The van der Waals surface area contributed by atoms with E-state index < -0.39 is 18.0 Å². The molecule has 6 heteroatoms. The van der Waals surface area contributed by atoms with E-state index in [1.165, 1.54) is 0 Å². The highest BCUT2D eigenvalue weighted by Crippen LogP contribution is 2.37. The zero-order valence-electron chi connectivity index (χ0n) is 15.8. The molecule has 0 fully saturated rings. The van der Waals surface area contributed by atoms with Gasteiger partial charge >= 0.3 is 5.97 Å². The second-order valence-electron chi connectivity index (χ2n) is 7.04. The molecule has 0 aliphatic carbocycles. The normalized spacial score (nSPS) is 12.2. The van der Waals surface area contributed by atoms with Crippen LogP contribution in [0, 0.1) is 6.92 Å². The van der Waals surface area contributed by atoms with Crippen LogP contribution in [-0.4, -0.2) is 28.1 Å². The molecule has 0 aliphatic heterocycles. The molecule has 0 saturated carbocycles. The van der Waals surface area contributed by atoms with Crippen LogP contribution in [-0.2, 0) is 11.2 Å². The molecule has 1 heterocycles. The molecular formula is C23H20N2O4. The molecule has 4 aromatic rings. The quantitative estimate of drug-likeness (QED) is 0.467. The number of aryl methyl sites for hydroxylation is 1. The van der Waals surface area contributed by atoms with Crippen LogP contribution in [0.15, 0.2) is 60.7 Å². The number of rotatable bonds is 6. The highest BCUT2D eigenvalue weighted by atomic mass is 16.5. The summed E-state index contributed by atoms with van der Waals surface area (Å²) >= 11 is 0. The first-order valence-electron chi connectivity index (χ1n) is 9.22. The Kier molecular flexibility index (Phi) is 4.68. The number of ether oxygens (including phenoxy) is 1. The number of aliphatic carboxylic acids is 1. The average Bonchev–Trinajstić information content (AvgIpc) is 3.06. The summed E-state index contributed by atoms with van der Waals surface area (Å²) in [4.78, 5) is 27.2. The minimum absolute atomic E-state index is 0.219. The minimum atomic E-state index is -1.08. The zero-order valence-corrected chi connectivity index (χ0v) is 15.8. The largest absolute Gasteiger partial charge is 0.478 e. The van der Waals surface area contributed by atoms with E-state index in [2.05, 4.69) is 4.98 Å². The molecule has 0 bridgehead atoms. The van der Waals surface area contributed by atoms with Crippen LogP contribution < -0.4 is 10.5 Å². The molecule has 1 unspecified atom stereocenters. The van der Waals surface area contributed by atoms with Crippen LogP contribution >= 0.6 is 0 Å². The van der Waals surface area contributed by atoms with Gasteiger partial charge in [-0.1, -0.05) is 36.4 Å². The van der Waals surface area contributed by atoms with Crippen molar-refractivity contribution in [3.05, 3.63) is 77.4 Å². The SMILES string of the molecule is Cc1cc(OC(Cc2ccccc2)C(=O)O)c2c(c1)[nH]c1cccc(C(N)=O)c12. The molecule has 1 atom stereocenters. The standard InChI is InChI=1S/C23H20N2O4/c1-13-10-17-21(20-15(22(24)26)8-5-9-16(20)25-17)18(11-13)29-19(23(27)28)12-14-6-3-2-4-7-14/h2-11,19,25H,12H2,1H3,(H2,24,26)(H,27,28). The average molecular weight is 388 g/mol. The number of fused-ring (bicyclic) bond motifs is 3. The Bertz CT molecular complexity index is 1230. The fraction of sp³-hybridized carbons (Fsp3) is 0.130. The Labute approximate surface area is 166 Å². The summed E-state index contributed by atoms with van der Waals surface area (Å²) in [6.07, 6.45) is -0.857. The third-order valence-electron chi connectivity index (χ3n) is 4.90. The number of hydrogen-bond acceptors (Lipinski definition) is 3. The summed E-state index contributed by atoms with van der Waals surface area (Å²) in [5, 5.41) is 11.0. The Morgan fingerprint density at radius 3 is 2.48 bits per heavy atom. The number of carbonyl (C=O) groups is 2. The Balaban J connectivity index is 1.86. The summed E-state index contributed by atoms with van der Waals surface area (Å²) in [5.41, 5.74) is 9.19. The van der Waals surface area contributed by atoms with Crippen molar-refractivity contribution in [2.45, 2.75) is 19.4 Å². The maximum absolute atomic E-state index is 12.0. The lowest BCUT2D eigenvalue weighted by atomic mass is 10.0. The van der Waals surface area contributed by atoms with Crippen molar-refractivity contribution in [2.24, 2.45) is 5.73 Å². The van der Waals surface area contributed by atoms with Gasteiger partial charge in [0, 0.05) is 22.9 Å². The molecule has 0 aliphatic rings. The number of primary amides is 1. The molecule has 1 amide bonds. The van der Waals surface area contributed by atoms with E-state index in [1.807, 2.05) is 49.4 Å². The summed E-state index contributed by atoms with van der Waals surface area (Å²) < 4.78 is 6.00. The summed E-state index contributed by atoms with van der Waals surface area (Å²) in [6, 6.07) is 18.3. The number of carboxylic acids is 1. The van der Waals surface area contributed by atoms with E-state index in [-0.39, 0.29) is 6.42 Å². The number of nitrogens with two attached hydrogens (primary N) is 1. The van der Waals surface area contributed by atoms with Crippen LogP contribution in [0.2, 0.25) is 0 Å². The topological polar surface area (TPSA) is 105 Å². The lowest BCUT2D eigenvalue weighted by Crippen LogP contribution is -2.29. The van der Waals surface area contributed by atoms with Crippen LogP contribution in [0.5, 0.6) is 5.75 Å². The van der Waals surface area contributed by atoms with Crippen LogP contribution in [0.3, 0.4) is 0 Å². The van der Waals surface area contributed by atoms with Gasteiger partial charge in [-0.2, -0.15) is 0 Å². The fourth-order valence-electron chi connectivity index (χ4n) is 3.64. The van der Waals surface area contributed by atoms with Crippen LogP contribution in [0.1, 0.15) is 21.5 Å². The van der Waals surface area contributed by atoms with Crippen molar-refractivity contribution >= 4 is 33.7 Å². The van der Waals surface area contributed by atoms with Crippen molar-refractivity contribution in [2.75, 3.05) is 0 Å². The summed E-state index contributed by atoms with van der Waals surface area (Å²) in [5.74, 6) is -1.20. The molecular weight excluding hydrogens is 368 g/mol. The molecule has 6 nitrogen and oxygen atoms in total. The number of carbonyl (C=O) groups excluding carboxylic acids is 1. The van der Waals surface area contributed by atoms with Crippen LogP contribution in [0.4, 0.5) is 0 Å². The van der Waals surface area contributed by atoms with Crippen molar-refractivity contribution in [1.82, 2.24) is 4.98 Å². The molecule has 3 aromatic carbocycles. The second kappa shape index (κ2) is 7.31. The van der Waals surface area contributed by atoms with E-state index in [0.717, 1.165) is 22.2 Å². The zero-order chi connectivity index (χ0) is 20.5. The van der Waals surface area contributed by atoms with Crippen molar-refractivity contribution in [1.29, 1.82) is 0 Å². The monoisotopic (exact) mass is 388 g/mol. The van der Waals surface area contributed by atoms with Gasteiger partial charge in [0.05, 0.1) is 10.9 Å². The van der Waals surface area contributed by atoms with Gasteiger partial charge < -0.3 is 20.6 Å². The van der Waals surface area contributed by atoms with Crippen LogP contribution in [0.25, 0.3) is 21.8 Å². The lowest BCUT2D eigenvalue weighted by molar-refractivity contribution is -0.144. The molecule has 0 radical (unpaired) electrons. The molecule has 0 spiro atoms. The molecule has 4 rings (SSSR count). The van der Waals surface area contributed by atoms with Gasteiger partial charge in [0.15, 0.2) is 6.10 Å². The van der Waals surface area contributed by atoms with Gasteiger partial charge in [-0.3, -0.25) is 4.79 Å². The molecule has 146 valence electrons. The number of nitrogens with one attached hydrogen (secondary N) is 1. The number of hydrogen-bond donors (Lipinski definition) is 3. The maximum Gasteiger partial charge on any atom is 0.345 e. The van der Waals surface area contributed by atoms with E-state index in [4.69, 9.17) is 10.5 Å². The van der Waals surface area contributed by atoms with Crippen molar-refractivity contribution in [3.8, 4) is 5.75 Å². The number of aromatic amines is 1. The number of amides is 1. The van der Waals surface area contributed by atoms with Gasteiger partial charge in [0.2, 0.25) is 5.91 Å².